The molecule has 0 aromatic heterocycles. The summed E-state index contributed by atoms with van der Waals surface area (Å²) in [5, 5.41) is 6.06. The molecule has 0 spiro atoms. The van der Waals surface area contributed by atoms with Gasteiger partial charge in [-0.15, -0.1) is 0 Å². The Morgan fingerprint density at radius 2 is 2.18 bits per heavy atom. The van der Waals surface area contributed by atoms with Crippen LogP contribution in [0, 0.1) is 11.8 Å². The maximum absolute atomic E-state index is 10.7. The summed E-state index contributed by atoms with van der Waals surface area (Å²) in [6.07, 6.45) is -0.301. The van der Waals surface area contributed by atoms with Crippen molar-refractivity contribution in [2.75, 3.05) is 20.2 Å². The van der Waals surface area contributed by atoms with E-state index in [-0.39, 0.29) is 6.09 Å². The summed E-state index contributed by atoms with van der Waals surface area (Å²) in [5.41, 5.74) is 0. The van der Waals surface area contributed by atoms with E-state index in [9.17, 15) is 4.79 Å². The largest absolute Gasteiger partial charge is 0.453 e. The van der Waals surface area contributed by atoms with Gasteiger partial charge in [-0.05, 0) is 11.8 Å². The number of nitrogens with one attached hydrogen (secondary N) is 2. The van der Waals surface area contributed by atoms with Gasteiger partial charge in [0.05, 0.1) is 7.11 Å². The van der Waals surface area contributed by atoms with Crippen LogP contribution < -0.4 is 10.6 Å². The second-order valence-electron chi connectivity index (χ2n) is 3.15. The van der Waals surface area contributed by atoms with Crippen molar-refractivity contribution in [1.82, 2.24) is 10.6 Å². The third-order valence-corrected chi connectivity index (χ3v) is 2.56. The Kier molecular flexibility index (Phi) is 1.49. The molecule has 0 aromatic carbocycles. The van der Waals surface area contributed by atoms with Crippen molar-refractivity contribution in [3.63, 3.8) is 0 Å². The summed E-state index contributed by atoms with van der Waals surface area (Å²) in [7, 11) is 1.39. The van der Waals surface area contributed by atoms with Crippen LogP contribution in [0.2, 0.25) is 0 Å². The highest BCUT2D eigenvalue weighted by Gasteiger charge is 2.53. The minimum Gasteiger partial charge on any atom is -0.453 e. The van der Waals surface area contributed by atoms with Crippen LogP contribution in [0.5, 0.6) is 0 Å². The smallest absolute Gasteiger partial charge is 0.407 e. The Balaban J connectivity index is 1.79. The van der Waals surface area contributed by atoms with Crippen LogP contribution in [0.3, 0.4) is 0 Å². The van der Waals surface area contributed by atoms with Crippen molar-refractivity contribution in [2.24, 2.45) is 11.8 Å². The number of hydrogen-bond acceptors (Lipinski definition) is 3. The fourth-order valence-corrected chi connectivity index (χ4v) is 1.83. The lowest BCUT2D eigenvalue weighted by atomic mass is 10.4. The van der Waals surface area contributed by atoms with Crippen molar-refractivity contribution < 1.29 is 9.53 Å². The third-order valence-electron chi connectivity index (χ3n) is 2.56. The van der Waals surface area contributed by atoms with Crippen LogP contribution >= 0.6 is 0 Å². The number of amides is 1. The van der Waals surface area contributed by atoms with E-state index in [0.717, 1.165) is 13.1 Å². The molecule has 2 unspecified atom stereocenters. The molecular formula is C7H12N2O2. The second-order valence-corrected chi connectivity index (χ2v) is 3.15. The molecule has 2 aliphatic rings. The fraction of sp³-hybridized carbons (Fsp3) is 0.857. The predicted octanol–water partition coefficient (Wildman–Crippen LogP) is -0.440. The number of piperidine rings is 1. The first-order valence-corrected chi connectivity index (χ1v) is 3.88. The van der Waals surface area contributed by atoms with Gasteiger partial charge >= 0.3 is 6.09 Å². The Hall–Kier alpha value is -0.770. The number of alkyl carbamates (subject to hydrolysis) is 1. The molecule has 1 saturated carbocycles. The fourth-order valence-electron chi connectivity index (χ4n) is 1.83. The molecule has 2 N–H and O–H groups in total. The number of methoxy groups -OCH3 is 1. The molecule has 11 heavy (non-hydrogen) atoms. The van der Waals surface area contributed by atoms with Crippen molar-refractivity contribution >= 4 is 6.09 Å². The van der Waals surface area contributed by atoms with E-state index in [0.29, 0.717) is 17.9 Å². The summed E-state index contributed by atoms with van der Waals surface area (Å²) < 4.78 is 4.50. The molecule has 2 atom stereocenters. The zero-order valence-electron chi connectivity index (χ0n) is 6.46. The summed E-state index contributed by atoms with van der Waals surface area (Å²) in [5.74, 6) is 1.32. The van der Waals surface area contributed by atoms with E-state index in [2.05, 4.69) is 15.4 Å². The van der Waals surface area contributed by atoms with Gasteiger partial charge in [0.1, 0.15) is 0 Å². The summed E-state index contributed by atoms with van der Waals surface area (Å²) in [6.45, 7) is 2.08. The minimum absolute atomic E-state index is 0.301. The third kappa shape index (κ3) is 1.07. The summed E-state index contributed by atoms with van der Waals surface area (Å²) in [4.78, 5) is 10.7. The van der Waals surface area contributed by atoms with Gasteiger partial charge in [-0.2, -0.15) is 0 Å². The average molecular weight is 156 g/mol. The number of hydrogen-bond donors (Lipinski definition) is 2. The molecular weight excluding hydrogens is 144 g/mol. The molecule has 62 valence electrons. The van der Waals surface area contributed by atoms with Crippen LogP contribution in [-0.2, 0) is 4.74 Å². The summed E-state index contributed by atoms with van der Waals surface area (Å²) >= 11 is 0. The molecule has 1 saturated heterocycles. The molecule has 1 aliphatic carbocycles. The Morgan fingerprint density at radius 3 is 2.73 bits per heavy atom. The minimum atomic E-state index is -0.301. The van der Waals surface area contributed by atoms with Crippen LogP contribution in [0.25, 0.3) is 0 Å². The van der Waals surface area contributed by atoms with Crippen molar-refractivity contribution in [2.45, 2.75) is 6.04 Å². The molecule has 0 aromatic rings. The number of fused-ring (bicyclic) bond motifs is 1. The first kappa shape index (κ1) is 6.91. The van der Waals surface area contributed by atoms with Gasteiger partial charge in [0.15, 0.2) is 0 Å². The Labute approximate surface area is 65.3 Å². The van der Waals surface area contributed by atoms with E-state index in [4.69, 9.17) is 0 Å². The maximum Gasteiger partial charge on any atom is 0.407 e. The van der Waals surface area contributed by atoms with E-state index >= 15 is 0 Å². The van der Waals surface area contributed by atoms with Gasteiger partial charge in [0.25, 0.3) is 0 Å². The van der Waals surface area contributed by atoms with Crippen molar-refractivity contribution in [3.8, 4) is 0 Å². The summed E-state index contributed by atoms with van der Waals surface area (Å²) in [6, 6.07) is 0.378. The normalized spacial score (nSPS) is 39.5. The molecule has 0 radical (unpaired) electrons. The molecule has 1 amide bonds. The average Bonchev–Trinajstić information content (AvgIpc) is 2.52. The highest BCUT2D eigenvalue weighted by atomic mass is 16.5. The monoisotopic (exact) mass is 156 g/mol. The lowest BCUT2D eigenvalue weighted by molar-refractivity contribution is 0.169. The second kappa shape index (κ2) is 2.37. The van der Waals surface area contributed by atoms with Gasteiger partial charge in [-0.1, -0.05) is 0 Å². The van der Waals surface area contributed by atoms with Crippen LogP contribution in [0.15, 0.2) is 0 Å². The molecule has 2 fully saturated rings. The van der Waals surface area contributed by atoms with Gasteiger partial charge in [-0.3, -0.25) is 0 Å². The zero-order valence-corrected chi connectivity index (χ0v) is 6.46. The van der Waals surface area contributed by atoms with E-state index < -0.39 is 0 Å². The van der Waals surface area contributed by atoms with Gasteiger partial charge < -0.3 is 15.4 Å². The quantitative estimate of drug-likeness (QED) is 0.541. The zero-order chi connectivity index (χ0) is 7.84. The SMILES string of the molecule is COC(=O)NC1C2CNCC21. The van der Waals surface area contributed by atoms with Crippen LogP contribution in [0.4, 0.5) is 4.79 Å². The molecule has 4 heteroatoms. The predicted molar refractivity (Wildman–Crippen MR) is 39.2 cm³/mol. The van der Waals surface area contributed by atoms with E-state index in [1.54, 1.807) is 0 Å². The molecule has 0 bridgehead atoms. The Morgan fingerprint density at radius 1 is 1.55 bits per heavy atom. The number of carbonyl (C=O) groups excluding carboxylic acids is 1. The van der Waals surface area contributed by atoms with Gasteiger partial charge in [-0.25, -0.2) is 4.79 Å². The maximum atomic E-state index is 10.7. The van der Waals surface area contributed by atoms with E-state index in [1.807, 2.05) is 0 Å². The van der Waals surface area contributed by atoms with Gasteiger partial charge in [0.2, 0.25) is 0 Å². The topological polar surface area (TPSA) is 50.4 Å². The molecule has 4 nitrogen and oxygen atoms in total. The first-order valence-electron chi connectivity index (χ1n) is 3.88. The van der Waals surface area contributed by atoms with Crippen molar-refractivity contribution in [1.29, 1.82) is 0 Å². The molecule has 1 aliphatic heterocycles. The number of rotatable bonds is 1. The molecule has 2 rings (SSSR count). The van der Waals surface area contributed by atoms with Gasteiger partial charge in [0, 0.05) is 19.1 Å². The van der Waals surface area contributed by atoms with Crippen LogP contribution in [0.1, 0.15) is 0 Å². The number of ether oxygens (including phenoxy) is 1. The molecule has 1 heterocycles. The van der Waals surface area contributed by atoms with Crippen LogP contribution in [-0.4, -0.2) is 32.3 Å². The first-order chi connectivity index (χ1) is 5.33. The highest BCUT2D eigenvalue weighted by molar-refractivity contribution is 5.68. The highest BCUT2D eigenvalue weighted by Crippen LogP contribution is 2.41. The van der Waals surface area contributed by atoms with E-state index in [1.165, 1.54) is 7.11 Å². The lowest BCUT2D eigenvalue weighted by Gasteiger charge is -2.05. The standard InChI is InChI=1S/C7H12N2O2/c1-11-7(10)9-6-4-2-8-3-5(4)6/h4-6,8H,2-3H2,1H3,(H,9,10). The lowest BCUT2D eigenvalue weighted by Crippen LogP contribution is -2.32. The van der Waals surface area contributed by atoms with Crippen molar-refractivity contribution in [3.05, 3.63) is 0 Å². The Bertz CT molecular complexity index is 173. The number of carbonyl (C=O) groups is 1.